The van der Waals surface area contributed by atoms with Crippen LogP contribution in [0.15, 0.2) is 17.0 Å². The molecule has 0 saturated carbocycles. The van der Waals surface area contributed by atoms with E-state index in [9.17, 15) is 0 Å². The van der Waals surface area contributed by atoms with E-state index in [1.807, 2.05) is 0 Å². The SMILES string of the molecule is CC(C)(C)[n+]1coc(C2CCN2)c1. The lowest BCUT2D eigenvalue weighted by molar-refractivity contribution is -0.756. The van der Waals surface area contributed by atoms with Gasteiger partial charge in [-0.2, -0.15) is 4.57 Å². The summed E-state index contributed by atoms with van der Waals surface area (Å²) in [5.41, 5.74) is 0.117. The first kappa shape index (κ1) is 8.75. The highest BCUT2D eigenvalue weighted by Crippen LogP contribution is 2.22. The van der Waals surface area contributed by atoms with Crippen LogP contribution in [0.25, 0.3) is 0 Å². The highest BCUT2D eigenvalue weighted by atomic mass is 16.3. The van der Waals surface area contributed by atoms with Gasteiger partial charge in [-0.1, -0.05) is 0 Å². The molecular formula is C10H17N2O+. The van der Waals surface area contributed by atoms with Crippen LogP contribution in [0.1, 0.15) is 39.0 Å². The van der Waals surface area contributed by atoms with Gasteiger partial charge in [0.25, 0.3) is 0 Å². The summed E-state index contributed by atoms with van der Waals surface area (Å²) >= 11 is 0. The Kier molecular flexibility index (Phi) is 1.91. The van der Waals surface area contributed by atoms with E-state index in [1.165, 1.54) is 6.42 Å². The monoisotopic (exact) mass is 181 g/mol. The van der Waals surface area contributed by atoms with Gasteiger partial charge in [-0.15, -0.1) is 0 Å². The van der Waals surface area contributed by atoms with Gasteiger partial charge in [-0.05, 0) is 13.0 Å². The number of oxazole rings is 1. The molecule has 3 nitrogen and oxygen atoms in total. The third-order valence-corrected chi connectivity index (χ3v) is 2.51. The Morgan fingerprint density at radius 3 is 2.62 bits per heavy atom. The van der Waals surface area contributed by atoms with Crippen molar-refractivity contribution in [2.24, 2.45) is 0 Å². The minimum Gasteiger partial charge on any atom is -0.407 e. The van der Waals surface area contributed by atoms with E-state index in [0.29, 0.717) is 6.04 Å². The molecule has 0 radical (unpaired) electrons. The van der Waals surface area contributed by atoms with Crippen LogP contribution in [0, 0.1) is 0 Å². The molecule has 0 aromatic carbocycles. The van der Waals surface area contributed by atoms with Crippen LogP contribution in [0.4, 0.5) is 0 Å². The van der Waals surface area contributed by atoms with Crippen molar-refractivity contribution in [3.63, 3.8) is 0 Å². The molecule has 1 atom stereocenters. The van der Waals surface area contributed by atoms with Crippen molar-refractivity contribution in [2.75, 3.05) is 6.54 Å². The summed E-state index contributed by atoms with van der Waals surface area (Å²) in [6.45, 7) is 7.61. The van der Waals surface area contributed by atoms with E-state index in [-0.39, 0.29) is 5.54 Å². The number of rotatable bonds is 1. The maximum absolute atomic E-state index is 5.50. The number of aromatic nitrogens is 1. The minimum atomic E-state index is 0.117. The van der Waals surface area contributed by atoms with Gasteiger partial charge >= 0.3 is 6.39 Å². The smallest absolute Gasteiger partial charge is 0.335 e. The van der Waals surface area contributed by atoms with Crippen LogP contribution in [-0.4, -0.2) is 6.54 Å². The van der Waals surface area contributed by atoms with Crippen molar-refractivity contribution in [3.8, 4) is 0 Å². The molecule has 13 heavy (non-hydrogen) atoms. The fraction of sp³-hybridized carbons (Fsp3) is 0.700. The van der Waals surface area contributed by atoms with Crippen molar-refractivity contribution in [3.05, 3.63) is 18.4 Å². The summed E-state index contributed by atoms with van der Waals surface area (Å²) < 4.78 is 7.61. The fourth-order valence-electron chi connectivity index (χ4n) is 1.37. The van der Waals surface area contributed by atoms with Crippen LogP contribution in [0.3, 0.4) is 0 Å². The molecule has 1 aromatic rings. The molecule has 1 aliphatic rings. The van der Waals surface area contributed by atoms with Gasteiger partial charge in [0.1, 0.15) is 0 Å². The first-order valence-corrected chi connectivity index (χ1v) is 4.81. The first-order valence-electron chi connectivity index (χ1n) is 4.81. The van der Waals surface area contributed by atoms with Gasteiger partial charge in [-0.3, -0.25) is 0 Å². The summed E-state index contributed by atoms with van der Waals surface area (Å²) in [5.74, 6) is 1.06. The largest absolute Gasteiger partial charge is 0.407 e. The van der Waals surface area contributed by atoms with Gasteiger partial charge in [0.2, 0.25) is 6.20 Å². The highest BCUT2D eigenvalue weighted by molar-refractivity contribution is 4.99. The van der Waals surface area contributed by atoms with Gasteiger partial charge in [0.15, 0.2) is 11.3 Å². The second-order valence-corrected chi connectivity index (χ2v) is 4.63. The molecule has 1 unspecified atom stereocenters. The van der Waals surface area contributed by atoms with E-state index in [1.54, 1.807) is 6.39 Å². The van der Waals surface area contributed by atoms with Crippen molar-refractivity contribution >= 4 is 0 Å². The Balaban J connectivity index is 2.17. The average Bonchev–Trinajstić information content (AvgIpc) is 2.29. The number of hydrogen-bond acceptors (Lipinski definition) is 2. The molecule has 1 aromatic heterocycles. The van der Waals surface area contributed by atoms with Crippen LogP contribution in [-0.2, 0) is 5.54 Å². The molecule has 0 aliphatic carbocycles. The molecule has 1 fully saturated rings. The molecule has 2 heterocycles. The predicted octanol–water partition coefficient (Wildman–Crippen LogP) is 1.36. The molecule has 2 rings (SSSR count). The standard InChI is InChI=1S/C10H17N2O/c1-10(2,3)12-6-9(13-7-12)8-4-5-11-8/h6-8,11H,4-5H2,1-3H3/q+1. The Labute approximate surface area is 78.8 Å². The lowest BCUT2D eigenvalue weighted by atomic mass is 10.1. The number of nitrogens with zero attached hydrogens (tertiary/aromatic N) is 1. The summed E-state index contributed by atoms with van der Waals surface area (Å²) in [7, 11) is 0. The molecule has 1 saturated heterocycles. The van der Waals surface area contributed by atoms with E-state index in [4.69, 9.17) is 4.42 Å². The number of hydrogen-bond donors (Lipinski definition) is 1. The first-order chi connectivity index (χ1) is 6.07. The Hall–Kier alpha value is -0.830. The van der Waals surface area contributed by atoms with Gasteiger partial charge in [-0.25, -0.2) is 0 Å². The predicted molar refractivity (Wildman–Crippen MR) is 49.3 cm³/mol. The lowest BCUT2D eigenvalue weighted by Crippen LogP contribution is -2.48. The summed E-state index contributed by atoms with van der Waals surface area (Å²) in [6, 6.07) is 0.448. The molecule has 0 spiro atoms. The summed E-state index contributed by atoms with van der Waals surface area (Å²) in [5, 5.41) is 3.32. The third-order valence-electron chi connectivity index (χ3n) is 2.51. The van der Waals surface area contributed by atoms with Gasteiger partial charge < -0.3 is 9.73 Å². The quantitative estimate of drug-likeness (QED) is 0.663. The van der Waals surface area contributed by atoms with Crippen molar-refractivity contribution in [2.45, 2.75) is 38.8 Å². The highest BCUT2D eigenvalue weighted by Gasteiger charge is 2.29. The molecule has 1 aliphatic heterocycles. The van der Waals surface area contributed by atoms with E-state index < -0.39 is 0 Å². The molecule has 0 bridgehead atoms. The molecule has 1 N–H and O–H groups in total. The normalized spacial score (nSPS) is 22.8. The van der Waals surface area contributed by atoms with Crippen LogP contribution < -0.4 is 9.88 Å². The molecule has 3 heteroatoms. The Morgan fingerprint density at radius 2 is 2.23 bits per heavy atom. The summed E-state index contributed by atoms with van der Waals surface area (Å²) in [4.78, 5) is 0. The maximum atomic E-state index is 5.50. The van der Waals surface area contributed by atoms with Gasteiger partial charge in [0.05, 0.1) is 6.04 Å². The molecule has 72 valence electrons. The Bertz CT molecular complexity index is 294. The zero-order chi connectivity index (χ0) is 9.47. The van der Waals surface area contributed by atoms with E-state index >= 15 is 0 Å². The Morgan fingerprint density at radius 1 is 1.54 bits per heavy atom. The van der Waals surface area contributed by atoms with E-state index in [0.717, 1.165) is 12.3 Å². The lowest BCUT2D eigenvalue weighted by Gasteiger charge is -2.23. The van der Waals surface area contributed by atoms with E-state index in [2.05, 4.69) is 36.9 Å². The molecular weight excluding hydrogens is 164 g/mol. The third kappa shape index (κ3) is 1.61. The average molecular weight is 181 g/mol. The summed E-state index contributed by atoms with van der Waals surface area (Å²) in [6.07, 6.45) is 5.09. The zero-order valence-corrected chi connectivity index (χ0v) is 8.50. The zero-order valence-electron chi connectivity index (χ0n) is 8.50. The van der Waals surface area contributed by atoms with Gasteiger partial charge in [0, 0.05) is 20.8 Å². The van der Waals surface area contributed by atoms with Crippen LogP contribution in [0.5, 0.6) is 0 Å². The van der Waals surface area contributed by atoms with Crippen molar-refractivity contribution in [1.82, 2.24) is 5.32 Å². The minimum absolute atomic E-state index is 0.117. The van der Waals surface area contributed by atoms with Crippen molar-refractivity contribution < 1.29 is 8.98 Å². The van der Waals surface area contributed by atoms with Crippen LogP contribution in [0.2, 0.25) is 0 Å². The second-order valence-electron chi connectivity index (χ2n) is 4.63. The molecule has 0 amide bonds. The van der Waals surface area contributed by atoms with Crippen LogP contribution >= 0.6 is 0 Å². The topological polar surface area (TPSA) is 29.0 Å². The number of nitrogens with one attached hydrogen (secondary N) is 1. The second kappa shape index (κ2) is 2.84. The van der Waals surface area contributed by atoms with Crippen molar-refractivity contribution in [1.29, 1.82) is 0 Å². The maximum Gasteiger partial charge on any atom is 0.335 e. The fourth-order valence-corrected chi connectivity index (χ4v) is 1.37.